The number of rotatable bonds is 12. The first-order chi connectivity index (χ1) is 49.4. The van der Waals surface area contributed by atoms with Gasteiger partial charge in [0.2, 0.25) is 0 Å². The first kappa shape index (κ1) is 69.6. The highest BCUT2D eigenvalue weighted by molar-refractivity contribution is 7.81. The van der Waals surface area contributed by atoms with Gasteiger partial charge in [-0.2, -0.15) is 30.7 Å². The molecule has 0 aromatic heterocycles. The van der Waals surface area contributed by atoms with Crippen LogP contribution in [0.1, 0.15) is 66.8 Å². The maximum Gasteiger partial charge on any atom is 0.122 e. The molecule has 102 heavy (non-hydrogen) atoms. The van der Waals surface area contributed by atoms with Crippen molar-refractivity contribution in [2.45, 2.75) is 67.9 Å². The summed E-state index contributed by atoms with van der Waals surface area (Å²) >= 11 is 27.8. The summed E-state index contributed by atoms with van der Waals surface area (Å²) in [4.78, 5) is 3.37. The smallest absolute Gasteiger partial charge is 0.122 e. The summed E-state index contributed by atoms with van der Waals surface area (Å²) in [5.74, 6) is -1.25. The fraction of sp³-hybridized carbons (Fsp3) is 0.0769. The summed E-state index contributed by atoms with van der Waals surface area (Å²) in [5.41, 5.74) is 7.92. The number of azo groups is 6. The second-order valence-corrected chi connectivity index (χ2v) is 26.8. The zero-order chi connectivity index (χ0) is 71.0. The molecule has 24 heteroatoms. The Hall–Kier alpha value is -10.9. The Morgan fingerprint density at radius 2 is 0.294 bits per heavy atom. The van der Waals surface area contributed by atoms with E-state index in [0.717, 1.165) is 0 Å². The lowest BCUT2D eigenvalue weighted by Crippen LogP contribution is -2.01. The van der Waals surface area contributed by atoms with E-state index in [1.807, 2.05) is 36.4 Å². The van der Waals surface area contributed by atoms with E-state index in [9.17, 15) is 30.6 Å². The van der Waals surface area contributed by atoms with Gasteiger partial charge in [0.15, 0.2) is 0 Å². The molecule has 0 saturated carbocycles. The van der Waals surface area contributed by atoms with Gasteiger partial charge in [-0.05, 0) is 146 Å². The highest BCUT2D eigenvalue weighted by atomic mass is 32.1. The van der Waals surface area contributed by atoms with Crippen LogP contribution in [-0.4, -0.2) is 30.6 Å². The Morgan fingerprint density at radius 1 is 0.176 bits per heavy atom. The summed E-state index contributed by atoms with van der Waals surface area (Å²) in [6.07, 6.45) is -0.895. The van der Waals surface area contributed by atoms with Crippen molar-refractivity contribution >= 4 is 144 Å². The molecular formula is C78H60N12O6S6. The van der Waals surface area contributed by atoms with Gasteiger partial charge in [0.25, 0.3) is 0 Å². The first-order valence-corrected chi connectivity index (χ1v) is 34.4. The van der Waals surface area contributed by atoms with Crippen LogP contribution in [-0.2, 0) is 38.5 Å². The molecule has 1 aliphatic carbocycles. The monoisotopic (exact) mass is 1450 g/mol. The van der Waals surface area contributed by atoms with E-state index >= 15 is 0 Å². The Bertz CT molecular complexity index is 4460. The van der Waals surface area contributed by atoms with E-state index in [0.29, 0.717) is 97.6 Å². The van der Waals surface area contributed by atoms with E-state index in [1.165, 1.54) is 0 Å². The van der Waals surface area contributed by atoms with Crippen molar-refractivity contribution in [3.8, 4) is 34.5 Å². The molecule has 6 N–H and O–H groups in total. The molecule has 0 saturated heterocycles. The maximum atomic E-state index is 12.8. The summed E-state index contributed by atoms with van der Waals surface area (Å²) in [6.45, 7) is 0. The molecule has 0 atom stereocenters. The van der Waals surface area contributed by atoms with Gasteiger partial charge in [-0.15, -0.1) is 106 Å². The number of benzene rings is 12. The zero-order valence-electron chi connectivity index (χ0n) is 53.8. The van der Waals surface area contributed by atoms with Crippen LogP contribution in [0, 0.1) is 0 Å². The van der Waals surface area contributed by atoms with Crippen molar-refractivity contribution in [1.82, 2.24) is 0 Å². The van der Waals surface area contributed by atoms with Crippen LogP contribution in [0.4, 0.5) is 68.2 Å². The molecule has 0 amide bonds. The molecule has 0 heterocycles. The summed E-state index contributed by atoms with van der Waals surface area (Å²) < 4.78 is 0. The molecule has 504 valence electrons. The van der Waals surface area contributed by atoms with Crippen molar-refractivity contribution in [1.29, 1.82) is 0 Å². The minimum Gasteiger partial charge on any atom is -0.507 e. The number of nitrogens with zero attached hydrogens (tertiary/aromatic N) is 12. The quantitative estimate of drug-likeness (QED) is 0.0417. The van der Waals surface area contributed by atoms with E-state index in [2.05, 4.69) is 137 Å². The topological polar surface area (TPSA) is 270 Å². The molecular weight excluding hydrogens is 1390 g/mol. The Balaban J connectivity index is 1.06. The van der Waals surface area contributed by atoms with Gasteiger partial charge >= 0.3 is 0 Å². The molecule has 12 aromatic rings. The number of aromatic hydroxyl groups is 6. The van der Waals surface area contributed by atoms with E-state index in [-0.39, 0.29) is 140 Å². The number of thiol groups is 6. The lowest BCUT2D eigenvalue weighted by atomic mass is 9.90. The molecule has 0 radical (unpaired) electrons. The van der Waals surface area contributed by atoms with Crippen LogP contribution in [0.2, 0.25) is 0 Å². The summed E-state index contributed by atoms with van der Waals surface area (Å²) in [5, 5.41) is 133. The first-order valence-electron chi connectivity index (χ1n) is 31.7. The van der Waals surface area contributed by atoms with Crippen LogP contribution in [0.15, 0.2) is 309 Å². The van der Waals surface area contributed by atoms with Gasteiger partial charge in [0, 0.05) is 135 Å². The van der Waals surface area contributed by atoms with Gasteiger partial charge < -0.3 is 30.6 Å². The zero-order valence-corrected chi connectivity index (χ0v) is 59.1. The number of fused-ring (bicyclic) bond motifs is 12. The minimum absolute atomic E-state index is 0.149. The SMILES string of the molecule is Oc1c2cc(N=Nc3ccccc3S)cc1Cc1cc(N=Nc3ccccc3S)cc(c1O)Cc1cc(N=Nc3ccccc3S)cc(c1O)Cc1cc(N=Nc3ccccc3S)cc(c1O)Cc1cc(N=Nc3ccccc3S)cc(c1O)Cc1cc(N=Nc3ccccc3S)cc(c1O)C2. The van der Waals surface area contributed by atoms with Gasteiger partial charge in [-0.3, -0.25) is 0 Å². The Morgan fingerprint density at radius 3 is 0.412 bits per heavy atom. The minimum atomic E-state index is -0.208. The van der Waals surface area contributed by atoms with Crippen molar-refractivity contribution < 1.29 is 30.6 Å². The van der Waals surface area contributed by atoms with Crippen LogP contribution >= 0.6 is 75.8 Å². The lowest BCUT2D eigenvalue weighted by molar-refractivity contribution is 0.451. The number of hydrogen-bond donors (Lipinski definition) is 12. The molecule has 12 aromatic carbocycles. The number of phenols is 6. The van der Waals surface area contributed by atoms with Crippen molar-refractivity contribution in [3.63, 3.8) is 0 Å². The highest BCUT2D eigenvalue weighted by Crippen LogP contribution is 2.46. The second kappa shape index (κ2) is 31.4. The third-order valence-corrected chi connectivity index (χ3v) is 19.0. The predicted octanol–water partition coefficient (Wildman–Crippen LogP) is 24.0. The Kier molecular flexibility index (Phi) is 21.4. The second-order valence-electron chi connectivity index (χ2n) is 23.9. The molecule has 12 bridgehead atoms. The molecule has 0 spiro atoms. The van der Waals surface area contributed by atoms with Gasteiger partial charge in [-0.1, -0.05) is 72.8 Å². The fourth-order valence-electron chi connectivity index (χ4n) is 11.6. The van der Waals surface area contributed by atoms with Crippen LogP contribution in [0.25, 0.3) is 0 Å². The largest absolute Gasteiger partial charge is 0.507 e. The van der Waals surface area contributed by atoms with Crippen LogP contribution in [0.3, 0.4) is 0 Å². The summed E-state index contributed by atoms with van der Waals surface area (Å²) in [6, 6.07) is 62.8. The fourth-order valence-corrected chi connectivity index (χ4v) is 12.8. The molecule has 18 nitrogen and oxygen atoms in total. The van der Waals surface area contributed by atoms with Gasteiger partial charge in [0.1, 0.15) is 34.5 Å². The Labute approximate surface area is 619 Å². The lowest BCUT2D eigenvalue weighted by Gasteiger charge is -2.18. The van der Waals surface area contributed by atoms with Gasteiger partial charge in [0.05, 0.1) is 68.2 Å². The molecule has 0 fully saturated rings. The maximum absolute atomic E-state index is 12.8. The van der Waals surface area contributed by atoms with Crippen molar-refractivity contribution in [2.75, 3.05) is 0 Å². The summed E-state index contributed by atoms with van der Waals surface area (Å²) in [7, 11) is 0. The van der Waals surface area contributed by atoms with E-state index < -0.39 is 0 Å². The molecule has 1 aliphatic rings. The molecule has 0 unspecified atom stereocenters. The predicted molar refractivity (Wildman–Crippen MR) is 413 cm³/mol. The average Bonchev–Trinajstić information content (AvgIpc) is 0.789. The van der Waals surface area contributed by atoms with E-state index in [1.54, 1.807) is 182 Å². The molecule has 13 rings (SSSR count). The average molecular weight is 1450 g/mol. The molecule has 0 aliphatic heterocycles. The third-order valence-electron chi connectivity index (χ3n) is 16.7. The normalized spacial score (nSPS) is 12.8. The van der Waals surface area contributed by atoms with Crippen molar-refractivity contribution in [3.05, 3.63) is 285 Å². The number of phenolic OH excluding ortho intramolecular Hbond substituents is 6. The van der Waals surface area contributed by atoms with E-state index in [4.69, 9.17) is 0 Å². The number of hydrogen-bond acceptors (Lipinski definition) is 24. The van der Waals surface area contributed by atoms with Crippen LogP contribution < -0.4 is 0 Å². The van der Waals surface area contributed by atoms with Gasteiger partial charge in [-0.25, -0.2) is 0 Å². The standard InChI is InChI=1S/C78H60N12O6S6/c91-73-43-25-45-33-56(80-86-62-14-2-8-20-68(62)98)35-47(74(45)92)27-49-37-58(82-88-64-16-4-10-22-70(64)100)39-51(76(49)94)29-53-41-60(84-90-66-18-6-12-24-72(66)102)42-54(78(53)96)30-52-40-59(83-89-65-17-5-11-23-71(65)101)38-50(77(52)95)28-48-36-57(81-87-63-15-3-9-21-69(63)99)34-46(75(48)93)26-44(73)32-55(31-43)79-85-61-13-1-7-19-67(61)97/h1-24,31-42,91-102H,25-30H2. The van der Waals surface area contributed by atoms with Crippen LogP contribution in [0.5, 0.6) is 34.5 Å². The highest BCUT2D eigenvalue weighted by Gasteiger charge is 2.25. The third kappa shape index (κ3) is 16.5. The van der Waals surface area contributed by atoms with Crippen molar-refractivity contribution in [2.24, 2.45) is 61.4 Å².